The smallest absolute Gasteiger partial charge is 0.448 e. The monoisotopic (exact) mass is 1320 g/mol. The Labute approximate surface area is 567 Å². The van der Waals surface area contributed by atoms with Gasteiger partial charge in [-0.15, -0.1) is 0 Å². The number of hydrogen-bond acceptors (Lipinski definition) is 16. The van der Waals surface area contributed by atoms with Gasteiger partial charge in [0.1, 0.15) is 13.2 Å². The van der Waals surface area contributed by atoms with E-state index in [-0.39, 0.29) is 89.9 Å². The molecule has 0 atom stereocenters. The molecule has 0 spiro atoms. The van der Waals surface area contributed by atoms with Crippen molar-refractivity contribution in [1.82, 2.24) is 0 Å². The van der Waals surface area contributed by atoms with Gasteiger partial charge in [0.25, 0.3) is 5.41 Å². The molecule has 16 heteroatoms. The molecular formula is C77H140O16. The largest absolute Gasteiger partial charge is 0.464 e. The number of hydrogen-bond donors (Lipinski definition) is 0. The van der Waals surface area contributed by atoms with Crippen molar-refractivity contribution in [3.8, 4) is 0 Å². The first-order valence-corrected chi connectivity index (χ1v) is 38.8. The highest BCUT2D eigenvalue weighted by Crippen LogP contribution is 2.52. The van der Waals surface area contributed by atoms with Crippen molar-refractivity contribution in [1.29, 1.82) is 0 Å². The van der Waals surface area contributed by atoms with Crippen LogP contribution in [0.25, 0.3) is 0 Å². The highest BCUT2D eigenvalue weighted by Gasteiger charge is 2.81. The van der Waals surface area contributed by atoms with Gasteiger partial charge in [-0.1, -0.05) is 312 Å². The van der Waals surface area contributed by atoms with E-state index in [0.717, 1.165) is 205 Å². The molecule has 0 amide bonds. The van der Waals surface area contributed by atoms with Crippen LogP contribution in [0.3, 0.4) is 0 Å². The molecule has 0 radical (unpaired) electrons. The first-order valence-electron chi connectivity index (χ1n) is 38.8. The van der Waals surface area contributed by atoms with Crippen molar-refractivity contribution < 1.29 is 76.3 Å². The first kappa shape index (κ1) is 88.8. The fourth-order valence-corrected chi connectivity index (χ4v) is 11.4. The van der Waals surface area contributed by atoms with Gasteiger partial charge in [-0.2, -0.15) is 0 Å². The molecular weight excluding hydrogens is 1180 g/mol. The zero-order valence-corrected chi connectivity index (χ0v) is 61.0. The van der Waals surface area contributed by atoms with Crippen LogP contribution in [0.1, 0.15) is 415 Å². The fraction of sp³-hybridized carbons (Fsp3) is 0.896. The summed E-state index contributed by atoms with van der Waals surface area (Å²) in [5, 5.41) is 0. The second-order valence-corrected chi connectivity index (χ2v) is 26.5. The fourth-order valence-electron chi connectivity index (χ4n) is 11.4. The molecule has 544 valence electrons. The lowest BCUT2D eigenvalue weighted by Crippen LogP contribution is -2.74. The van der Waals surface area contributed by atoms with Gasteiger partial charge in [0.15, 0.2) is 0 Å². The van der Waals surface area contributed by atoms with E-state index in [1.807, 2.05) is 0 Å². The Morgan fingerprint density at radius 3 is 0.462 bits per heavy atom. The quantitative estimate of drug-likeness (QED) is 0.0240. The van der Waals surface area contributed by atoms with Gasteiger partial charge < -0.3 is 37.9 Å². The van der Waals surface area contributed by atoms with Crippen LogP contribution in [0, 0.1) is 5.41 Å². The van der Waals surface area contributed by atoms with E-state index in [2.05, 4.69) is 55.4 Å². The second kappa shape index (κ2) is 61.4. The van der Waals surface area contributed by atoms with Crippen LogP contribution in [-0.2, 0) is 76.3 Å². The average molecular weight is 1320 g/mol. The predicted molar refractivity (Wildman–Crippen MR) is 370 cm³/mol. The van der Waals surface area contributed by atoms with Gasteiger partial charge >= 0.3 is 59.7 Å². The van der Waals surface area contributed by atoms with E-state index < -0.39 is 78.3 Å². The molecule has 0 N–H and O–H groups in total. The topological polar surface area (TPSA) is 210 Å². The van der Waals surface area contributed by atoms with Crippen LogP contribution in [0.15, 0.2) is 0 Å². The van der Waals surface area contributed by atoms with Crippen molar-refractivity contribution in [2.45, 2.75) is 427 Å². The maximum atomic E-state index is 15.3. The van der Waals surface area contributed by atoms with Crippen molar-refractivity contribution in [3.63, 3.8) is 0 Å². The number of esters is 8. The Morgan fingerprint density at radius 2 is 0.312 bits per heavy atom. The normalized spacial score (nSPS) is 11.7. The zero-order chi connectivity index (χ0) is 68.8. The maximum absolute atomic E-state index is 15.3. The minimum absolute atomic E-state index is 0.154. The Bertz CT molecular complexity index is 1690. The highest BCUT2D eigenvalue weighted by molar-refractivity contribution is 5.77. The third-order valence-corrected chi connectivity index (χ3v) is 17.5. The second-order valence-electron chi connectivity index (χ2n) is 26.5. The Kier molecular flexibility index (Phi) is 58.6. The zero-order valence-electron chi connectivity index (χ0n) is 61.0. The number of ether oxygens (including phenoxy) is 8. The van der Waals surface area contributed by atoms with Crippen LogP contribution in [0.5, 0.6) is 0 Å². The third-order valence-electron chi connectivity index (χ3n) is 17.5. The summed E-state index contributed by atoms with van der Waals surface area (Å²) in [6.07, 6.45) is 35.2. The summed E-state index contributed by atoms with van der Waals surface area (Å²) in [7, 11) is 0. The summed E-state index contributed by atoms with van der Waals surface area (Å²) in [5.74, 6) is -15.2. The van der Waals surface area contributed by atoms with Gasteiger partial charge in [-0.25, -0.2) is 0 Å². The molecule has 0 heterocycles. The summed E-state index contributed by atoms with van der Waals surface area (Å²) >= 11 is 0. The van der Waals surface area contributed by atoms with E-state index in [9.17, 15) is 9.59 Å². The van der Waals surface area contributed by atoms with E-state index in [1.54, 1.807) is 0 Å². The number of rotatable bonds is 68. The van der Waals surface area contributed by atoms with E-state index in [4.69, 9.17) is 37.9 Å². The lowest BCUT2D eigenvalue weighted by atomic mass is 9.81. The first-order chi connectivity index (χ1) is 45.1. The summed E-state index contributed by atoms with van der Waals surface area (Å²) in [6, 6.07) is 0. The van der Waals surface area contributed by atoms with Crippen LogP contribution >= 0.6 is 0 Å². The van der Waals surface area contributed by atoms with Crippen LogP contribution in [-0.4, -0.2) is 72.9 Å². The molecule has 0 aliphatic carbocycles. The SMILES string of the molecule is CCCCCCCCCC(=O)OC(OC(=O)CCCCCCC)(OC(=O)CCCCCCCCC)C(COC(=O)CCCCCCC)(COC(=O)CCCCCCC)C(OC(=O)CCCCCCC)(OC(=O)CCCCCCCCC)OC(=O)CCCCCCCCC. The molecule has 0 bridgehead atoms. The minimum Gasteiger partial charge on any atom is -0.464 e. The third kappa shape index (κ3) is 45.0. The number of carbonyl (C=O) groups is 8. The van der Waals surface area contributed by atoms with Crippen molar-refractivity contribution in [3.05, 3.63) is 0 Å². The summed E-state index contributed by atoms with van der Waals surface area (Å²) < 4.78 is 52.3. The summed E-state index contributed by atoms with van der Waals surface area (Å²) in [6.45, 7) is 14.3. The molecule has 0 aromatic rings. The van der Waals surface area contributed by atoms with Gasteiger partial charge in [-0.05, 0) is 51.4 Å². The Morgan fingerprint density at radius 1 is 0.183 bits per heavy atom. The lowest BCUT2D eigenvalue weighted by molar-refractivity contribution is -0.480. The van der Waals surface area contributed by atoms with Crippen LogP contribution in [0.2, 0.25) is 0 Å². The molecule has 0 aromatic heterocycles. The van der Waals surface area contributed by atoms with Gasteiger partial charge in [0.2, 0.25) is 0 Å². The maximum Gasteiger partial charge on any atom is 0.448 e. The van der Waals surface area contributed by atoms with Gasteiger partial charge in [0, 0.05) is 51.4 Å². The van der Waals surface area contributed by atoms with Crippen molar-refractivity contribution in [2.24, 2.45) is 5.41 Å². The number of unbranched alkanes of at least 4 members (excludes halogenated alkanes) is 40. The molecule has 16 nitrogen and oxygen atoms in total. The van der Waals surface area contributed by atoms with Gasteiger partial charge in [-0.3, -0.25) is 38.4 Å². The number of carbonyl (C=O) groups excluding carboxylic acids is 8. The molecule has 93 heavy (non-hydrogen) atoms. The summed E-state index contributed by atoms with van der Waals surface area (Å²) in [4.78, 5) is 121. The Balaban J connectivity index is 9.59. The van der Waals surface area contributed by atoms with Gasteiger partial charge in [0.05, 0.1) is 0 Å². The molecule has 0 saturated heterocycles. The predicted octanol–water partition coefficient (Wildman–Crippen LogP) is 21.6. The molecule has 0 unspecified atom stereocenters. The molecule has 0 rings (SSSR count). The van der Waals surface area contributed by atoms with Crippen LogP contribution < -0.4 is 0 Å². The summed E-state index contributed by atoms with van der Waals surface area (Å²) in [5.41, 5.74) is -3.23. The molecule has 0 saturated carbocycles. The molecule has 0 aliphatic heterocycles. The standard InChI is InChI=1S/C77H140O16/c1-9-17-25-33-37-45-53-61-71(82)90-76(88-69(80)59-51-43-31-23-15-7,91-72(83)62-54-46-38-34-26-18-10-2)75(65-86-67(78)57-49-41-29-21-13-5,66-87-68(79)58-50-42-30-22-14-6)77(89-70(81)60-52-44-32-24-16-8,92-73(84)63-55-47-39-35-27-19-11-3)93-74(85)64-56-48-40-36-28-20-12-4/h9-66H2,1-8H3. The Hall–Kier alpha value is -4.24. The average Bonchev–Trinajstić information content (AvgIpc) is 0.713. The van der Waals surface area contributed by atoms with E-state index in [1.165, 1.54) is 0 Å². The minimum atomic E-state index is -3.60. The molecule has 0 aliphatic rings. The lowest BCUT2D eigenvalue weighted by Gasteiger charge is -2.50. The van der Waals surface area contributed by atoms with Crippen LogP contribution in [0.4, 0.5) is 0 Å². The molecule has 0 aromatic carbocycles. The van der Waals surface area contributed by atoms with Crippen molar-refractivity contribution in [2.75, 3.05) is 13.2 Å². The van der Waals surface area contributed by atoms with E-state index >= 15 is 28.8 Å². The highest BCUT2D eigenvalue weighted by atomic mass is 16.9. The van der Waals surface area contributed by atoms with E-state index in [0.29, 0.717) is 64.2 Å². The van der Waals surface area contributed by atoms with Crippen molar-refractivity contribution >= 4 is 47.8 Å². The molecule has 0 fully saturated rings.